The van der Waals surface area contributed by atoms with E-state index in [1.54, 1.807) is 0 Å². The summed E-state index contributed by atoms with van der Waals surface area (Å²) < 4.78 is 39.0. The number of rotatable bonds is 5. The first kappa shape index (κ1) is 23.7. The zero-order valence-corrected chi connectivity index (χ0v) is 18.3. The van der Waals surface area contributed by atoms with Gasteiger partial charge >= 0.3 is 170 Å². The topological polar surface area (TPSA) is 26.0 Å². The van der Waals surface area contributed by atoms with Crippen molar-refractivity contribution >= 4 is 35.7 Å². The van der Waals surface area contributed by atoms with Crippen molar-refractivity contribution in [1.82, 2.24) is 0 Å². The minimum absolute atomic E-state index is 0. The SMILES string of the molecule is F[B-](F)(F)F.NCc1ccc([PH](c2ccccc2)(c2ccccc2)c2ccccc2)cc1.[H+]. The molecule has 0 bridgehead atoms. The van der Waals surface area contributed by atoms with Gasteiger partial charge in [-0.05, 0) is 0 Å². The third kappa shape index (κ3) is 5.64. The van der Waals surface area contributed by atoms with Crippen molar-refractivity contribution in [3.63, 3.8) is 0 Å². The summed E-state index contributed by atoms with van der Waals surface area (Å²) in [6.45, 7) is 0.566. The van der Waals surface area contributed by atoms with Crippen molar-refractivity contribution in [2.75, 3.05) is 0 Å². The third-order valence-corrected chi connectivity index (χ3v) is 10.0. The van der Waals surface area contributed by atoms with Crippen molar-refractivity contribution in [1.29, 1.82) is 0 Å². The summed E-state index contributed by atoms with van der Waals surface area (Å²) in [5.41, 5.74) is 7.02. The molecule has 32 heavy (non-hydrogen) atoms. The van der Waals surface area contributed by atoms with Crippen molar-refractivity contribution in [3.8, 4) is 0 Å². The molecule has 0 unspecified atom stereocenters. The van der Waals surface area contributed by atoms with Crippen LogP contribution in [-0.2, 0) is 6.54 Å². The van der Waals surface area contributed by atoms with Crippen LogP contribution in [0.3, 0.4) is 0 Å². The van der Waals surface area contributed by atoms with Crippen LogP contribution >= 0.6 is 7.26 Å². The summed E-state index contributed by atoms with van der Waals surface area (Å²) in [6, 6.07) is 41.8. The molecule has 0 aliphatic rings. The van der Waals surface area contributed by atoms with E-state index < -0.39 is 14.5 Å². The van der Waals surface area contributed by atoms with E-state index in [0.29, 0.717) is 6.54 Å². The van der Waals surface area contributed by atoms with Crippen LogP contribution in [0.25, 0.3) is 0 Å². The van der Waals surface area contributed by atoms with Gasteiger partial charge in [0.05, 0.1) is 0 Å². The van der Waals surface area contributed by atoms with Gasteiger partial charge in [0.25, 0.3) is 0 Å². The van der Waals surface area contributed by atoms with Crippen molar-refractivity contribution in [2.45, 2.75) is 6.54 Å². The zero-order chi connectivity index (χ0) is 23.0. The van der Waals surface area contributed by atoms with Crippen LogP contribution in [0.4, 0.5) is 17.3 Å². The van der Waals surface area contributed by atoms with Crippen LogP contribution in [-0.4, -0.2) is 7.25 Å². The second-order valence-corrected chi connectivity index (χ2v) is 11.1. The van der Waals surface area contributed by atoms with Crippen molar-refractivity contribution in [2.24, 2.45) is 5.73 Å². The Bertz CT molecular complexity index is 993. The molecule has 4 aromatic rings. The van der Waals surface area contributed by atoms with Crippen LogP contribution in [0.2, 0.25) is 0 Å². The molecule has 2 N–H and O–H groups in total. The van der Waals surface area contributed by atoms with E-state index in [2.05, 4.69) is 115 Å². The Morgan fingerprint density at radius 1 is 0.531 bits per heavy atom. The first-order valence-electron chi connectivity index (χ1n) is 10.2. The van der Waals surface area contributed by atoms with Crippen LogP contribution in [0.5, 0.6) is 0 Å². The summed E-state index contributed by atoms with van der Waals surface area (Å²) in [6.07, 6.45) is 0. The number of benzene rings is 4. The van der Waals surface area contributed by atoms with E-state index in [9.17, 15) is 17.3 Å². The van der Waals surface area contributed by atoms with Crippen molar-refractivity contribution < 1.29 is 18.7 Å². The van der Waals surface area contributed by atoms with Gasteiger partial charge in [-0.25, -0.2) is 0 Å². The molecule has 0 amide bonds. The molecule has 1 nitrogen and oxygen atoms in total. The van der Waals surface area contributed by atoms with Crippen LogP contribution in [0.15, 0.2) is 115 Å². The van der Waals surface area contributed by atoms with Gasteiger partial charge in [-0.3, -0.25) is 0 Å². The van der Waals surface area contributed by atoms with E-state index in [1.807, 2.05) is 0 Å². The molecular formula is C25H25BF4NP. The van der Waals surface area contributed by atoms with Crippen LogP contribution in [0, 0.1) is 0 Å². The molecule has 0 fully saturated rings. The second kappa shape index (κ2) is 10.6. The number of halogens is 4. The smallest absolute Gasteiger partial charge is 1.00 e. The zero-order valence-electron chi connectivity index (χ0n) is 18.3. The quantitative estimate of drug-likeness (QED) is 0.257. The maximum absolute atomic E-state index is 9.75. The first-order valence-corrected chi connectivity index (χ1v) is 12.2. The Labute approximate surface area is 187 Å². The number of hydrogen-bond acceptors (Lipinski definition) is 1. The van der Waals surface area contributed by atoms with Crippen LogP contribution in [0.1, 0.15) is 6.99 Å². The molecule has 0 aromatic heterocycles. The normalized spacial score (nSPS) is 11.9. The first-order chi connectivity index (χ1) is 15.4. The Balaban J connectivity index is 0.000000583. The molecular weight excluding hydrogens is 432 g/mol. The average Bonchev–Trinajstić information content (AvgIpc) is 2.81. The minimum atomic E-state index is -6.00. The van der Waals surface area contributed by atoms with Crippen molar-refractivity contribution in [3.05, 3.63) is 121 Å². The fraction of sp³-hybridized carbons (Fsp3) is 0.0400. The van der Waals surface area contributed by atoms with E-state index in [1.165, 1.54) is 21.2 Å². The molecule has 166 valence electrons. The van der Waals surface area contributed by atoms with E-state index in [-0.39, 0.29) is 1.43 Å². The molecule has 0 spiro atoms. The minimum Gasteiger partial charge on any atom is 1.00 e. The summed E-state index contributed by atoms with van der Waals surface area (Å²) in [4.78, 5) is 0. The standard InChI is InChI=1S/C25H24NP.BF4/c26-20-21-16-18-25(19-17-21)27(22-10-4-1-5-11-22,23-12-6-2-7-13-23)24-14-8-3-9-15-24;2-1(3,4)5/h1-19,27H,20,26H2;/q;-1/p+1. The Morgan fingerprint density at radius 3 is 1.09 bits per heavy atom. The summed E-state index contributed by atoms with van der Waals surface area (Å²) in [5, 5.41) is 5.55. The Morgan fingerprint density at radius 2 is 0.812 bits per heavy atom. The molecule has 0 atom stereocenters. The number of nitrogens with two attached hydrogens (primary N) is 1. The maximum Gasteiger partial charge on any atom is 1.00 e. The Hall–Kier alpha value is -2.95. The second-order valence-electron chi connectivity index (χ2n) is 7.24. The molecule has 0 aliphatic heterocycles. The average molecular weight is 457 g/mol. The van der Waals surface area contributed by atoms with Gasteiger partial charge in [0.2, 0.25) is 0 Å². The van der Waals surface area contributed by atoms with Gasteiger partial charge < -0.3 is 17.3 Å². The third-order valence-electron chi connectivity index (χ3n) is 5.24. The molecule has 4 aromatic carbocycles. The largest absolute Gasteiger partial charge is 1.00 e. The van der Waals surface area contributed by atoms with Gasteiger partial charge in [0, 0.05) is 0 Å². The molecule has 0 aliphatic carbocycles. The summed E-state index contributed by atoms with van der Waals surface area (Å²) in [7, 11) is -8.38. The van der Waals surface area contributed by atoms with Gasteiger partial charge in [0.15, 0.2) is 0 Å². The fourth-order valence-electron chi connectivity index (χ4n) is 3.96. The molecule has 4 rings (SSSR count). The maximum atomic E-state index is 9.75. The van der Waals surface area contributed by atoms with E-state index >= 15 is 0 Å². The summed E-state index contributed by atoms with van der Waals surface area (Å²) in [5.74, 6) is 0. The van der Waals surface area contributed by atoms with Gasteiger partial charge in [-0.15, -0.1) is 0 Å². The van der Waals surface area contributed by atoms with E-state index in [4.69, 9.17) is 5.73 Å². The molecule has 0 saturated heterocycles. The monoisotopic (exact) mass is 457 g/mol. The van der Waals surface area contributed by atoms with Gasteiger partial charge in [-0.2, -0.15) is 0 Å². The summed E-state index contributed by atoms with van der Waals surface area (Å²) >= 11 is 0. The predicted octanol–water partition coefficient (Wildman–Crippen LogP) is 4.91. The van der Waals surface area contributed by atoms with Gasteiger partial charge in [0.1, 0.15) is 0 Å². The molecule has 0 heterocycles. The van der Waals surface area contributed by atoms with Crippen LogP contribution < -0.4 is 27.0 Å². The molecule has 7 heteroatoms. The fourth-order valence-corrected chi connectivity index (χ4v) is 8.70. The molecule has 0 radical (unpaired) electrons. The predicted molar refractivity (Wildman–Crippen MR) is 132 cm³/mol. The van der Waals surface area contributed by atoms with E-state index in [0.717, 1.165) is 5.56 Å². The Kier molecular flexibility index (Phi) is 7.84. The van der Waals surface area contributed by atoms with Gasteiger partial charge in [-0.1, -0.05) is 0 Å². The molecule has 0 saturated carbocycles. The number of hydrogen-bond donors (Lipinski definition) is 1.